The molecule has 3 aromatic heterocycles. The predicted molar refractivity (Wildman–Crippen MR) is 127 cm³/mol. The summed E-state index contributed by atoms with van der Waals surface area (Å²) >= 11 is 1.67. The van der Waals surface area contributed by atoms with Crippen LogP contribution in [-0.2, 0) is 6.54 Å². The van der Waals surface area contributed by atoms with E-state index in [-0.39, 0.29) is 24.0 Å². The summed E-state index contributed by atoms with van der Waals surface area (Å²) in [7, 11) is 0. The summed E-state index contributed by atoms with van der Waals surface area (Å²) in [5.41, 5.74) is 9.29. The van der Waals surface area contributed by atoms with E-state index in [0.29, 0.717) is 12.5 Å². The van der Waals surface area contributed by atoms with Crippen molar-refractivity contribution in [1.29, 1.82) is 0 Å². The van der Waals surface area contributed by atoms with Crippen LogP contribution in [0.4, 0.5) is 5.13 Å². The van der Waals surface area contributed by atoms with Gasteiger partial charge in [0.1, 0.15) is 0 Å². The number of guanidine groups is 1. The van der Waals surface area contributed by atoms with Gasteiger partial charge < -0.3 is 15.5 Å². The van der Waals surface area contributed by atoms with Gasteiger partial charge >= 0.3 is 0 Å². The van der Waals surface area contributed by atoms with Gasteiger partial charge in [0.2, 0.25) is 0 Å². The molecule has 0 spiro atoms. The third-order valence-corrected chi connectivity index (χ3v) is 5.59. The monoisotopic (exact) mass is 524 g/mol. The fourth-order valence-corrected chi connectivity index (χ4v) is 3.96. The zero-order chi connectivity index (χ0) is 19.5. The smallest absolute Gasteiger partial charge is 0.191 e. The van der Waals surface area contributed by atoms with E-state index in [9.17, 15) is 0 Å². The number of hydrogen-bond acceptors (Lipinski definition) is 6. The maximum absolute atomic E-state index is 6.21. The van der Waals surface area contributed by atoms with Crippen LogP contribution >= 0.6 is 35.3 Å². The van der Waals surface area contributed by atoms with Gasteiger partial charge in [-0.25, -0.2) is 19.6 Å². The largest absolute Gasteiger partial charge is 0.370 e. The zero-order valence-corrected chi connectivity index (χ0v) is 19.7. The number of aryl methyl sites for hydroxylation is 2. The molecule has 1 fully saturated rings. The molecule has 2 N–H and O–H groups in total. The molecule has 3 aromatic rings. The highest BCUT2D eigenvalue weighted by molar-refractivity contribution is 14.0. The lowest BCUT2D eigenvalue weighted by atomic mass is 10.3. The fourth-order valence-electron chi connectivity index (χ4n) is 3.27. The van der Waals surface area contributed by atoms with E-state index >= 15 is 0 Å². The Bertz CT molecular complexity index is 943. The number of aliphatic imine (C=N–C) groups is 1. The Morgan fingerprint density at radius 2 is 1.97 bits per heavy atom. The average Bonchev–Trinajstić information content (AvgIpc) is 3.36. The number of thiazole rings is 1. The van der Waals surface area contributed by atoms with Crippen LogP contribution in [0.3, 0.4) is 0 Å². The number of anilines is 1. The Balaban J connectivity index is 0.00000240. The van der Waals surface area contributed by atoms with Gasteiger partial charge in [-0.15, -0.1) is 35.3 Å². The summed E-state index contributed by atoms with van der Waals surface area (Å²) in [5.74, 6) is 1.39. The number of pyridine rings is 1. The molecule has 0 bridgehead atoms. The van der Waals surface area contributed by atoms with Crippen LogP contribution in [0.2, 0.25) is 0 Å². The van der Waals surface area contributed by atoms with Crippen molar-refractivity contribution in [2.45, 2.75) is 20.4 Å². The van der Waals surface area contributed by atoms with Gasteiger partial charge in [-0.2, -0.15) is 5.10 Å². The molecule has 1 aliphatic rings. The molecule has 4 rings (SSSR count). The number of rotatable bonds is 4. The van der Waals surface area contributed by atoms with Gasteiger partial charge in [0.05, 0.1) is 12.2 Å². The molecule has 0 atom stereocenters. The lowest BCUT2D eigenvalue weighted by Crippen LogP contribution is -2.51. The molecular weight excluding hydrogens is 499 g/mol. The lowest BCUT2D eigenvalue weighted by molar-refractivity contribution is 0.380. The Morgan fingerprint density at radius 1 is 1.17 bits per heavy atom. The van der Waals surface area contributed by atoms with E-state index in [2.05, 4.69) is 29.9 Å². The molecule has 1 aliphatic heterocycles. The van der Waals surface area contributed by atoms with Crippen LogP contribution in [0.1, 0.15) is 17.0 Å². The van der Waals surface area contributed by atoms with Crippen molar-refractivity contribution < 1.29 is 0 Å². The lowest BCUT2D eigenvalue weighted by Gasteiger charge is -2.35. The molecule has 0 aliphatic carbocycles. The maximum Gasteiger partial charge on any atom is 0.191 e. The Morgan fingerprint density at radius 3 is 2.55 bits per heavy atom. The van der Waals surface area contributed by atoms with Gasteiger partial charge in [-0.1, -0.05) is 6.07 Å². The summed E-state index contributed by atoms with van der Waals surface area (Å²) in [6.45, 7) is 8.03. The van der Waals surface area contributed by atoms with Crippen LogP contribution in [0.5, 0.6) is 0 Å². The van der Waals surface area contributed by atoms with Crippen LogP contribution in [0.25, 0.3) is 5.82 Å². The molecule has 0 amide bonds. The minimum absolute atomic E-state index is 0. The number of piperazine rings is 1. The predicted octanol–water partition coefficient (Wildman–Crippen LogP) is 2.60. The number of halogens is 1. The number of hydrogen-bond donors (Lipinski definition) is 1. The van der Waals surface area contributed by atoms with E-state index in [1.165, 1.54) is 0 Å². The molecule has 0 radical (unpaired) electrons. The molecule has 0 saturated carbocycles. The topological polar surface area (TPSA) is 88.5 Å². The van der Waals surface area contributed by atoms with Gasteiger partial charge in [-0.3, -0.25) is 0 Å². The summed E-state index contributed by atoms with van der Waals surface area (Å²) in [6.07, 6.45) is 3.68. The second-order valence-electron chi connectivity index (χ2n) is 6.83. The first-order valence-electron chi connectivity index (χ1n) is 9.28. The summed E-state index contributed by atoms with van der Waals surface area (Å²) in [5, 5.41) is 7.54. The van der Waals surface area contributed by atoms with Crippen molar-refractivity contribution in [3.8, 4) is 5.82 Å². The first kappa shape index (κ1) is 21.5. The van der Waals surface area contributed by atoms with E-state index in [0.717, 1.165) is 54.1 Å². The van der Waals surface area contributed by atoms with Crippen molar-refractivity contribution in [2.24, 2.45) is 10.7 Å². The number of nitrogens with zero attached hydrogens (tertiary/aromatic N) is 7. The number of nitrogens with two attached hydrogens (primary N) is 1. The second kappa shape index (κ2) is 9.53. The molecule has 1 saturated heterocycles. The Hall–Kier alpha value is -2.21. The van der Waals surface area contributed by atoms with Crippen LogP contribution in [-0.4, -0.2) is 56.8 Å². The molecule has 8 nitrogen and oxygen atoms in total. The molecule has 29 heavy (non-hydrogen) atoms. The minimum Gasteiger partial charge on any atom is -0.370 e. The van der Waals surface area contributed by atoms with E-state index < -0.39 is 0 Å². The molecule has 0 aromatic carbocycles. The van der Waals surface area contributed by atoms with Gasteiger partial charge in [0, 0.05) is 49.6 Å². The maximum atomic E-state index is 6.21. The highest BCUT2D eigenvalue weighted by Gasteiger charge is 2.19. The number of aromatic nitrogens is 4. The van der Waals surface area contributed by atoms with Crippen molar-refractivity contribution >= 4 is 46.4 Å². The first-order chi connectivity index (χ1) is 13.6. The normalized spacial score (nSPS) is 14.8. The highest BCUT2D eigenvalue weighted by Crippen LogP contribution is 2.18. The van der Waals surface area contributed by atoms with Gasteiger partial charge in [0.25, 0.3) is 0 Å². The summed E-state index contributed by atoms with van der Waals surface area (Å²) in [4.78, 5) is 17.9. The average molecular weight is 524 g/mol. The zero-order valence-electron chi connectivity index (χ0n) is 16.5. The SMILES string of the molecule is Cc1cc(C)n(-c2ccc(CN=C(N)N3CCN(c4nccs4)CC3)cn2)n1.I. The Labute approximate surface area is 191 Å². The molecule has 4 heterocycles. The van der Waals surface area contributed by atoms with E-state index in [4.69, 9.17) is 5.73 Å². The fraction of sp³-hybridized carbons (Fsp3) is 0.368. The van der Waals surface area contributed by atoms with Gasteiger partial charge in [0.15, 0.2) is 16.9 Å². The third-order valence-electron chi connectivity index (χ3n) is 4.75. The minimum atomic E-state index is 0. The standard InChI is InChI=1S/C19H24N8S.HI/c1-14-11-15(2)27(24-14)17-4-3-16(12-22-17)13-23-18(20)25-6-8-26(9-7-25)19-21-5-10-28-19;/h3-5,10-12H,6-9,13H2,1-2H3,(H2,20,23);1H. The van der Waals surface area contributed by atoms with Gasteiger partial charge in [-0.05, 0) is 31.5 Å². The van der Waals surface area contributed by atoms with Crippen molar-refractivity contribution in [1.82, 2.24) is 24.6 Å². The second-order valence-corrected chi connectivity index (χ2v) is 7.70. The van der Waals surface area contributed by atoms with Crippen molar-refractivity contribution in [3.05, 3.63) is 52.9 Å². The van der Waals surface area contributed by atoms with Crippen molar-refractivity contribution in [3.63, 3.8) is 0 Å². The quantitative estimate of drug-likeness (QED) is 0.321. The first-order valence-corrected chi connectivity index (χ1v) is 10.2. The summed E-state index contributed by atoms with van der Waals surface area (Å²) < 4.78 is 1.85. The Kier molecular flexibility index (Phi) is 7.06. The molecule has 10 heteroatoms. The van der Waals surface area contributed by atoms with E-state index in [1.807, 2.05) is 54.5 Å². The van der Waals surface area contributed by atoms with Crippen LogP contribution < -0.4 is 10.6 Å². The highest BCUT2D eigenvalue weighted by atomic mass is 127. The molecule has 0 unspecified atom stereocenters. The van der Waals surface area contributed by atoms with Crippen LogP contribution in [0.15, 0.2) is 41.0 Å². The molecule has 154 valence electrons. The molecular formula is C19H25IN8S. The summed E-state index contributed by atoms with van der Waals surface area (Å²) in [6, 6.07) is 6.03. The third kappa shape index (κ3) is 5.04. The van der Waals surface area contributed by atoms with Crippen LogP contribution in [0, 0.1) is 13.8 Å². The van der Waals surface area contributed by atoms with Crippen molar-refractivity contribution in [2.75, 3.05) is 31.1 Å². The van der Waals surface area contributed by atoms with E-state index in [1.54, 1.807) is 11.3 Å².